The molecule has 1 fully saturated rings. The van der Waals surface area contributed by atoms with Crippen LogP contribution >= 0.6 is 0 Å². The maximum atomic E-state index is 10.9. The van der Waals surface area contributed by atoms with E-state index in [0.29, 0.717) is 11.6 Å². The third-order valence-corrected chi connectivity index (χ3v) is 4.26. The Labute approximate surface area is 127 Å². The Morgan fingerprint density at radius 1 is 1.14 bits per heavy atom. The Kier molecular flexibility index (Phi) is 5.76. The summed E-state index contributed by atoms with van der Waals surface area (Å²) < 4.78 is 0. The van der Waals surface area contributed by atoms with Crippen LogP contribution in [-0.4, -0.2) is 54.1 Å². The number of carbonyl (C=O) groups is 1. The van der Waals surface area contributed by atoms with Crippen LogP contribution in [0.25, 0.3) is 0 Å². The lowest BCUT2D eigenvalue weighted by atomic mass is 10.1. The molecule has 1 aliphatic rings. The Morgan fingerprint density at radius 3 is 2.29 bits per heavy atom. The molecule has 4 nitrogen and oxygen atoms in total. The van der Waals surface area contributed by atoms with Gasteiger partial charge in [0.2, 0.25) is 0 Å². The van der Waals surface area contributed by atoms with E-state index >= 15 is 0 Å². The van der Waals surface area contributed by atoms with E-state index in [4.69, 9.17) is 5.11 Å². The minimum Gasteiger partial charge on any atom is -0.478 e. The summed E-state index contributed by atoms with van der Waals surface area (Å²) >= 11 is 0. The summed E-state index contributed by atoms with van der Waals surface area (Å²) in [4.78, 5) is 15.7. The Balaban J connectivity index is 2.00. The van der Waals surface area contributed by atoms with E-state index in [-0.39, 0.29) is 0 Å². The van der Waals surface area contributed by atoms with Gasteiger partial charge in [-0.15, -0.1) is 0 Å². The first-order valence-electron chi connectivity index (χ1n) is 7.77. The largest absolute Gasteiger partial charge is 0.478 e. The number of carboxylic acids is 1. The lowest BCUT2D eigenvalue weighted by Gasteiger charge is -2.30. The molecule has 0 spiro atoms. The summed E-state index contributed by atoms with van der Waals surface area (Å²) in [5.41, 5.74) is 1.56. The van der Waals surface area contributed by atoms with E-state index in [2.05, 4.69) is 23.9 Å². The summed E-state index contributed by atoms with van der Waals surface area (Å²) in [6.45, 7) is 3.04. The quantitative estimate of drug-likeness (QED) is 0.838. The number of hydrogen-bond donors (Lipinski definition) is 1. The van der Waals surface area contributed by atoms with Crippen molar-refractivity contribution in [3.8, 4) is 0 Å². The Morgan fingerprint density at radius 2 is 1.76 bits per heavy atom. The van der Waals surface area contributed by atoms with Crippen molar-refractivity contribution in [1.29, 1.82) is 0 Å². The van der Waals surface area contributed by atoms with Gasteiger partial charge in [0.05, 0.1) is 5.56 Å². The highest BCUT2D eigenvalue weighted by Gasteiger charge is 2.22. The van der Waals surface area contributed by atoms with Crippen LogP contribution in [0.2, 0.25) is 0 Å². The SMILES string of the molecule is CN(C)CCN(Cc1ccc(C(=O)O)cc1)C1CCCC1. The molecule has 2 rings (SSSR count). The summed E-state index contributed by atoms with van der Waals surface area (Å²) in [6, 6.07) is 7.98. The molecule has 0 atom stereocenters. The van der Waals surface area contributed by atoms with E-state index in [1.165, 1.54) is 31.2 Å². The van der Waals surface area contributed by atoms with Gasteiger partial charge in [0, 0.05) is 25.7 Å². The van der Waals surface area contributed by atoms with E-state index in [1.54, 1.807) is 12.1 Å². The van der Waals surface area contributed by atoms with Gasteiger partial charge in [-0.05, 0) is 44.6 Å². The van der Waals surface area contributed by atoms with E-state index in [9.17, 15) is 4.79 Å². The van der Waals surface area contributed by atoms with Crippen LogP contribution in [0.5, 0.6) is 0 Å². The topological polar surface area (TPSA) is 43.8 Å². The van der Waals surface area contributed by atoms with Crippen molar-refractivity contribution in [3.63, 3.8) is 0 Å². The van der Waals surface area contributed by atoms with Gasteiger partial charge in [0.1, 0.15) is 0 Å². The van der Waals surface area contributed by atoms with E-state index in [1.807, 2.05) is 12.1 Å². The van der Waals surface area contributed by atoms with Crippen molar-refractivity contribution in [2.75, 3.05) is 27.2 Å². The molecule has 0 saturated heterocycles. The van der Waals surface area contributed by atoms with Crippen molar-refractivity contribution in [3.05, 3.63) is 35.4 Å². The molecule has 0 heterocycles. The van der Waals surface area contributed by atoms with Gasteiger partial charge in [-0.1, -0.05) is 25.0 Å². The molecule has 0 radical (unpaired) electrons. The molecule has 0 unspecified atom stereocenters. The van der Waals surface area contributed by atoms with Gasteiger partial charge >= 0.3 is 5.97 Å². The van der Waals surface area contributed by atoms with Gasteiger partial charge in [0.15, 0.2) is 0 Å². The normalized spacial score (nSPS) is 16.0. The average Bonchev–Trinajstić information content (AvgIpc) is 2.97. The molecule has 21 heavy (non-hydrogen) atoms. The van der Waals surface area contributed by atoms with E-state index < -0.39 is 5.97 Å². The lowest BCUT2D eigenvalue weighted by molar-refractivity contribution is 0.0697. The molecule has 1 saturated carbocycles. The molecular weight excluding hydrogens is 264 g/mol. The standard InChI is InChI=1S/C17H26N2O2/c1-18(2)11-12-19(16-5-3-4-6-16)13-14-7-9-15(10-8-14)17(20)21/h7-10,16H,3-6,11-13H2,1-2H3,(H,20,21). The third-order valence-electron chi connectivity index (χ3n) is 4.26. The van der Waals surface area contributed by atoms with Crippen molar-refractivity contribution in [1.82, 2.24) is 9.80 Å². The molecule has 0 aliphatic heterocycles. The fourth-order valence-electron chi connectivity index (χ4n) is 2.98. The molecule has 116 valence electrons. The van der Waals surface area contributed by atoms with Crippen LogP contribution in [0, 0.1) is 0 Å². The molecule has 0 amide bonds. The van der Waals surface area contributed by atoms with Crippen LogP contribution in [0.4, 0.5) is 0 Å². The highest BCUT2D eigenvalue weighted by atomic mass is 16.4. The van der Waals surface area contributed by atoms with Crippen molar-refractivity contribution in [2.24, 2.45) is 0 Å². The monoisotopic (exact) mass is 290 g/mol. The molecule has 1 aromatic carbocycles. The average molecular weight is 290 g/mol. The van der Waals surface area contributed by atoms with E-state index in [0.717, 1.165) is 19.6 Å². The highest BCUT2D eigenvalue weighted by molar-refractivity contribution is 5.87. The minimum atomic E-state index is -0.859. The summed E-state index contributed by atoms with van der Waals surface area (Å²) in [7, 11) is 4.21. The second-order valence-electron chi connectivity index (χ2n) is 6.21. The van der Waals surface area contributed by atoms with Crippen molar-refractivity contribution < 1.29 is 9.90 Å². The van der Waals surface area contributed by atoms with Gasteiger partial charge in [-0.3, -0.25) is 4.90 Å². The third kappa shape index (κ3) is 4.83. The van der Waals surface area contributed by atoms with Crippen LogP contribution in [0.1, 0.15) is 41.6 Å². The van der Waals surface area contributed by atoms with Crippen LogP contribution in [-0.2, 0) is 6.54 Å². The molecular formula is C17H26N2O2. The fraction of sp³-hybridized carbons (Fsp3) is 0.588. The predicted octanol–water partition coefficient (Wildman–Crippen LogP) is 2.69. The first kappa shape index (κ1) is 16.0. The van der Waals surface area contributed by atoms with Crippen LogP contribution in [0.3, 0.4) is 0 Å². The number of hydrogen-bond acceptors (Lipinski definition) is 3. The summed E-state index contributed by atoms with van der Waals surface area (Å²) in [5, 5.41) is 8.96. The molecule has 1 aromatic rings. The number of rotatable bonds is 7. The maximum Gasteiger partial charge on any atom is 0.335 e. The number of nitrogens with zero attached hydrogens (tertiary/aromatic N) is 2. The molecule has 0 aromatic heterocycles. The Hall–Kier alpha value is -1.39. The van der Waals surface area contributed by atoms with Crippen molar-refractivity contribution in [2.45, 2.75) is 38.3 Å². The second-order valence-corrected chi connectivity index (χ2v) is 6.21. The number of carboxylic acid groups (broad SMARTS) is 1. The second kappa shape index (κ2) is 7.57. The zero-order valence-electron chi connectivity index (χ0n) is 13.1. The molecule has 0 bridgehead atoms. The first-order chi connectivity index (χ1) is 10.1. The minimum absolute atomic E-state index is 0.361. The Bertz CT molecular complexity index is 450. The van der Waals surface area contributed by atoms with Crippen LogP contribution in [0.15, 0.2) is 24.3 Å². The van der Waals surface area contributed by atoms with Gasteiger partial charge in [0.25, 0.3) is 0 Å². The van der Waals surface area contributed by atoms with Gasteiger partial charge < -0.3 is 10.0 Å². The number of benzene rings is 1. The highest BCUT2D eigenvalue weighted by Crippen LogP contribution is 2.24. The number of likely N-dealkylation sites (N-methyl/N-ethyl adjacent to an activating group) is 1. The zero-order chi connectivity index (χ0) is 15.2. The van der Waals surface area contributed by atoms with Gasteiger partial charge in [-0.2, -0.15) is 0 Å². The molecule has 4 heteroatoms. The molecule has 1 N–H and O–H groups in total. The first-order valence-corrected chi connectivity index (χ1v) is 7.77. The van der Waals surface area contributed by atoms with Crippen molar-refractivity contribution >= 4 is 5.97 Å². The number of aromatic carboxylic acids is 1. The summed E-state index contributed by atoms with van der Waals surface area (Å²) in [5.74, 6) is -0.859. The fourth-order valence-corrected chi connectivity index (χ4v) is 2.98. The zero-order valence-corrected chi connectivity index (χ0v) is 13.1. The lowest BCUT2D eigenvalue weighted by Crippen LogP contribution is -2.37. The predicted molar refractivity (Wildman–Crippen MR) is 84.6 cm³/mol. The maximum absolute atomic E-state index is 10.9. The van der Waals surface area contributed by atoms with Gasteiger partial charge in [-0.25, -0.2) is 4.79 Å². The summed E-state index contributed by atoms with van der Waals surface area (Å²) in [6.07, 6.45) is 5.25. The van der Waals surface area contributed by atoms with Crippen LogP contribution < -0.4 is 0 Å². The molecule has 1 aliphatic carbocycles. The smallest absolute Gasteiger partial charge is 0.335 e.